The van der Waals surface area contributed by atoms with Crippen LogP contribution in [0.1, 0.15) is 23.2 Å². The molecule has 2 aliphatic heterocycles. The molecule has 0 unspecified atom stereocenters. The van der Waals surface area contributed by atoms with Gasteiger partial charge in [0.15, 0.2) is 17.3 Å². The quantitative estimate of drug-likeness (QED) is 0.385. The first kappa shape index (κ1) is 25.0. The van der Waals surface area contributed by atoms with Crippen molar-refractivity contribution in [3.8, 4) is 11.5 Å². The van der Waals surface area contributed by atoms with Gasteiger partial charge in [-0.1, -0.05) is 29.8 Å². The zero-order chi connectivity index (χ0) is 24.6. The largest absolute Gasteiger partial charge is 0.454 e. The van der Waals surface area contributed by atoms with E-state index >= 15 is 0 Å². The highest BCUT2D eigenvalue weighted by Crippen LogP contribution is 2.33. The van der Waals surface area contributed by atoms with E-state index < -0.39 is 0 Å². The minimum absolute atomic E-state index is 0.248. The van der Waals surface area contributed by atoms with Crippen LogP contribution < -0.4 is 20.1 Å². The second kappa shape index (κ2) is 12.0. The molecular weight excluding hydrogens is 534 g/mol. The molecule has 0 spiro atoms. The number of rotatable bonds is 6. The van der Waals surface area contributed by atoms with Gasteiger partial charge in [0.1, 0.15) is 12.1 Å². The van der Waals surface area contributed by atoms with Crippen LogP contribution in [0.5, 0.6) is 11.5 Å². The van der Waals surface area contributed by atoms with E-state index in [4.69, 9.17) is 26.1 Å². The maximum atomic E-state index is 10.3. The molecule has 3 heterocycles. The monoisotopic (exact) mass is 557 g/mol. The van der Waals surface area contributed by atoms with Crippen molar-refractivity contribution in [1.82, 2.24) is 20.4 Å². The Morgan fingerprint density at radius 1 is 1.20 bits per heavy atom. The Hall–Kier alpha value is -3.14. The third kappa shape index (κ3) is 6.11. The van der Waals surface area contributed by atoms with Crippen LogP contribution in [-0.4, -0.2) is 48.7 Å². The third-order valence-corrected chi connectivity index (χ3v) is 6.23. The lowest BCUT2D eigenvalue weighted by atomic mass is 10.0. The molecule has 3 aliphatic rings. The number of benzene rings is 1. The van der Waals surface area contributed by atoms with Gasteiger partial charge in [0.05, 0.1) is 16.4 Å². The smallest absolute Gasteiger partial charge is 0.231 e. The highest BCUT2D eigenvalue weighted by atomic mass is 79.9. The summed E-state index contributed by atoms with van der Waals surface area (Å²) in [6.45, 7) is 1.93. The van der Waals surface area contributed by atoms with E-state index in [1.165, 1.54) is 0 Å². The predicted molar refractivity (Wildman–Crippen MR) is 142 cm³/mol. The number of nitrogens with one attached hydrogen (secondary N) is 2. The molecule has 0 atom stereocenters. The highest BCUT2D eigenvalue weighted by molar-refractivity contribution is 9.10. The summed E-state index contributed by atoms with van der Waals surface area (Å²) >= 11 is 9.99. The van der Waals surface area contributed by atoms with Crippen LogP contribution in [0.3, 0.4) is 0 Å². The van der Waals surface area contributed by atoms with Crippen molar-refractivity contribution in [2.45, 2.75) is 12.8 Å². The predicted octanol–water partition coefficient (Wildman–Crippen LogP) is 4.97. The van der Waals surface area contributed by atoms with Gasteiger partial charge >= 0.3 is 0 Å². The van der Waals surface area contributed by atoms with Gasteiger partial charge in [-0.15, -0.1) is 0 Å². The van der Waals surface area contributed by atoms with Crippen molar-refractivity contribution in [3.63, 3.8) is 0 Å². The molecule has 8 nitrogen and oxygen atoms in total. The Morgan fingerprint density at radius 3 is 2.89 bits per heavy atom. The molecule has 2 aromatic rings. The number of aldehydes is 1. The van der Waals surface area contributed by atoms with Gasteiger partial charge in [-0.3, -0.25) is 4.79 Å². The molecule has 5 rings (SSSR count). The molecule has 1 aromatic heterocycles. The van der Waals surface area contributed by atoms with Gasteiger partial charge in [0, 0.05) is 30.1 Å². The minimum Gasteiger partial charge on any atom is -0.454 e. The number of carbonyl (C=O) groups excluding carboxylic acids is 1. The number of hydrogen-bond donors (Lipinski definition) is 2. The van der Waals surface area contributed by atoms with E-state index in [0.717, 1.165) is 58.2 Å². The fourth-order valence-electron chi connectivity index (χ4n) is 3.55. The first-order valence-electron chi connectivity index (χ1n) is 11.1. The number of ether oxygens (including phenoxy) is 2. The van der Waals surface area contributed by atoms with Crippen molar-refractivity contribution in [2.75, 3.05) is 26.9 Å². The van der Waals surface area contributed by atoms with Crippen LogP contribution >= 0.6 is 27.5 Å². The van der Waals surface area contributed by atoms with Crippen molar-refractivity contribution in [3.05, 3.63) is 75.4 Å². The van der Waals surface area contributed by atoms with Crippen molar-refractivity contribution >= 4 is 51.2 Å². The Balaban J connectivity index is 0.000000218. The molecule has 0 radical (unpaired) electrons. The number of allylic oxidation sites excluding steroid dienone is 7. The maximum absolute atomic E-state index is 10.3. The van der Waals surface area contributed by atoms with Crippen molar-refractivity contribution < 1.29 is 14.3 Å². The summed E-state index contributed by atoms with van der Waals surface area (Å²) in [6, 6.07) is 5.09. The van der Waals surface area contributed by atoms with Crippen LogP contribution in [-0.2, 0) is 0 Å². The number of likely N-dealkylation sites (N-methyl/N-ethyl adjacent to an activating group) is 1. The van der Waals surface area contributed by atoms with Crippen LogP contribution in [0.25, 0.3) is 5.82 Å². The fourth-order valence-corrected chi connectivity index (χ4v) is 4.16. The van der Waals surface area contributed by atoms with E-state index in [1.807, 2.05) is 30.0 Å². The first-order valence-corrected chi connectivity index (χ1v) is 12.2. The van der Waals surface area contributed by atoms with Gasteiger partial charge in [-0.2, -0.15) is 9.78 Å². The normalized spacial score (nSPS) is 15.9. The summed E-state index contributed by atoms with van der Waals surface area (Å²) in [5, 5.41) is 11.7. The van der Waals surface area contributed by atoms with Crippen molar-refractivity contribution in [1.29, 1.82) is 0 Å². The van der Waals surface area contributed by atoms with Crippen LogP contribution in [0.4, 0.5) is 5.82 Å². The van der Waals surface area contributed by atoms with Crippen LogP contribution in [0, 0.1) is 0 Å². The molecule has 0 saturated carbocycles. The lowest BCUT2D eigenvalue weighted by Crippen LogP contribution is -2.26. The molecule has 35 heavy (non-hydrogen) atoms. The summed E-state index contributed by atoms with van der Waals surface area (Å²) in [6.07, 6.45) is 14.1. The summed E-state index contributed by atoms with van der Waals surface area (Å²) in [5.41, 5.74) is 2.62. The summed E-state index contributed by atoms with van der Waals surface area (Å²) in [5.74, 6) is 3.06. The summed E-state index contributed by atoms with van der Waals surface area (Å²) in [4.78, 5) is 15.2. The molecule has 1 aliphatic carbocycles. The number of fused-ring (bicyclic) bond motifs is 2. The average molecular weight is 559 g/mol. The lowest BCUT2D eigenvalue weighted by molar-refractivity contribution is 0.112. The Bertz CT molecular complexity index is 1250. The summed E-state index contributed by atoms with van der Waals surface area (Å²) in [7, 11) is 1.93. The van der Waals surface area contributed by atoms with Crippen LogP contribution in [0.2, 0.25) is 0 Å². The van der Waals surface area contributed by atoms with E-state index in [2.05, 4.69) is 43.8 Å². The zero-order valence-corrected chi connectivity index (χ0v) is 21.5. The van der Waals surface area contributed by atoms with Gasteiger partial charge < -0.3 is 20.1 Å². The Labute approximate surface area is 217 Å². The molecule has 0 bridgehead atoms. The van der Waals surface area contributed by atoms with E-state index in [-0.39, 0.29) is 6.79 Å². The number of carbonyl (C=O) groups is 1. The second-order valence-corrected chi connectivity index (χ2v) is 8.92. The highest BCUT2D eigenvalue weighted by Gasteiger charge is 2.19. The lowest BCUT2D eigenvalue weighted by Gasteiger charge is -2.11. The first-order chi connectivity index (χ1) is 17.1. The van der Waals surface area contributed by atoms with E-state index in [1.54, 1.807) is 24.4 Å². The van der Waals surface area contributed by atoms with Gasteiger partial charge in [0.2, 0.25) is 6.79 Å². The third-order valence-electron chi connectivity index (χ3n) is 5.32. The van der Waals surface area contributed by atoms with Gasteiger partial charge in [-0.05, 0) is 65.3 Å². The van der Waals surface area contributed by atoms with Gasteiger partial charge in [-0.25, -0.2) is 4.99 Å². The topological polar surface area (TPSA) is 89.8 Å². The molecule has 2 N–H and O–H groups in total. The molecule has 182 valence electrons. The standard InChI is InChI=1S/C17H19BrClN5.C8H6O3/c1-20-9-10-21-16-8-7-15(12-5-3-2-4-6-14(12)19)23-17-13(18)11-22-24(16)17;9-4-6-1-2-7-8(3-6)11-5-10-7/h2-4,6,8,11,20-21H,5,7,9-10H2,1H3;1-4H,5H2. The molecule has 0 amide bonds. The number of hydrogen-bond acceptors (Lipinski definition) is 7. The Morgan fingerprint density at radius 2 is 2.06 bits per heavy atom. The second-order valence-electron chi connectivity index (χ2n) is 7.66. The van der Waals surface area contributed by atoms with Crippen LogP contribution in [0.15, 0.2) is 74.8 Å². The number of aromatic nitrogens is 2. The maximum Gasteiger partial charge on any atom is 0.231 e. The number of nitrogens with zero attached hydrogens (tertiary/aromatic N) is 3. The summed E-state index contributed by atoms with van der Waals surface area (Å²) < 4.78 is 12.8. The van der Waals surface area contributed by atoms with Crippen molar-refractivity contribution in [2.24, 2.45) is 4.99 Å². The number of halogens is 2. The molecule has 1 aromatic carbocycles. The van der Waals surface area contributed by atoms with E-state index in [0.29, 0.717) is 23.5 Å². The number of aliphatic imine (C=N–C) groups is 1. The van der Waals surface area contributed by atoms with Gasteiger partial charge in [0.25, 0.3) is 0 Å². The van der Waals surface area contributed by atoms with E-state index in [9.17, 15) is 4.79 Å². The average Bonchev–Trinajstić information content (AvgIpc) is 3.36. The minimum atomic E-state index is 0.248. The Kier molecular flexibility index (Phi) is 8.57. The molecule has 10 heteroatoms. The molecular formula is C25H25BrClN5O3. The molecule has 0 fully saturated rings. The SMILES string of the molecule is CNCCNC1=CCC(C2=C(Cl)C=CC=CC2)=Nc2c(Br)cnn21.O=Cc1ccc2c(c1)OCO2. The molecule has 0 saturated heterocycles. The fraction of sp³-hybridized carbons (Fsp3) is 0.240. The zero-order valence-electron chi connectivity index (χ0n) is 19.1.